The Kier molecular flexibility index (Phi) is 6.20. The quantitative estimate of drug-likeness (QED) is 0.432. The molecule has 136 valence electrons. The molecule has 0 saturated heterocycles. The first-order valence-electron chi connectivity index (χ1n) is 7.89. The maximum absolute atomic E-state index is 12.3. The number of carbonyl (C=O) groups excluding carboxylic acids is 1. The van der Waals surface area contributed by atoms with Gasteiger partial charge in [0, 0.05) is 11.8 Å². The van der Waals surface area contributed by atoms with Gasteiger partial charge in [-0.05, 0) is 36.8 Å². The lowest BCUT2D eigenvalue weighted by Gasteiger charge is -2.08. The summed E-state index contributed by atoms with van der Waals surface area (Å²) in [5.74, 6) is -0.0796. The summed E-state index contributed by atoms with van der Waals surface area (Å²) in [6.07, 6.45) is 1.95. The fraction of sp³-hybridized carbons (Fsp3) is 0.235. The van der Waals surface area contributed by atoms with E-state index in [1.807, 2.05) is 0 Å². The second kappa shape index (κ2) is 8.56. The predicted molar refractivity (Wildman–Crippen MR) is 94.5 cm³/mol. The highest BCUT2D eigenvalue weighted by atomic mass is 16.6. The number of hydrogen-bond donors (Lipinski definition) is 1. The zero-order valence-electron chi connectivity index (χ0n) is 14.0. The van der Waals surface area contributed by atoms with Crippen molar-refractivity contribution in [2.45, 2.75) is 19.8 Å². The SMILES string of the molecule is CCCCOc1ccc(NC(=O)c2ccc([N+](=O)[O-])cc2[N+](=O)[O-])cc1. The summed E-state index contributed by atoms with van der Waals surface area (Å²) in [5, 5.41) is 24.4. The highest BCUT2D eigenvalue weighted by Crippen LogP contribution is 2.26. The van der Waals surface area contributed by atoms with Gasteiger partial charge in [0.15, 0.2) is 0 Å². The van der Waals surface area contributed by atoms with E-state index in [0.29, 0.717) is 18.0 Å². The highest BCUT2D eigenvalue weighted by molar-refractivity contribution is 6.07. The molecular formula is C17H17N3O6. The van der Waals surface area contributed by atoms with Crippen LogP contribution in [0, 0.1) is 20.2 Å². The lowest BCUT2D eigenvalue weighted by Crippen LogP contribution is -2.14. The van der Waals surface area contributed by atoms with Gasteiger partial charge in [0.1, 0.15) is 11.3 Å². The first kappa shape index (κ1) is 18.8. The van der Waals surface area contributed by atoms with Crippen molar-refractivity contribution < 1.29 is 19.4 Å². The van der Waals surface area contributed by atoms with Gasteiger partial charge in [-0.3, -0.25) is 25.0 Å². The number of benzene rings is 2. The van der Waals surface area contributed by atoms with Crippen LogP contribution in [0.1, 0.15) is 30.1 Å². The van der Waals surface area contributed by atoms with Crippen LogP contribution in [0.2, 0.25) is 0 Å². The minimum absolute atomic E-state index is 0.260. The monoisotopic (exact) mass is 359 g/mol. The molecule has 0 fully saturated rings. The lowest BCUT2D eigenvalue weighted by molar-refractivity contribution is -0.394. The number of amides is 1. The van der Waals surface area contributed by atoms with Crippen LogP contribution in [0.4, 0.5) is 17.1 Å². The van der Waals surface area contributed by atoms with E-state index in [4.69, 9.17) is 4.74 Å². The first-order chi connectivity index (χ1) is 12.4. The van der Waals surface area contributed by atoms with E-state index in [0.717, 1.165) is 31.0 Å². The summed E-state index contributed by atoms with van der Waals surface area (Å²) in [4.78, 5) is 32.6. The Balaban J connectivity index is 2.14. The normalized spacial score (nSPS) is 10.2. The molecule has 1 amide bonds. The number of unbranched alkanes of at least 4 members (excludes halogenated alkanes) is 1. The molecule has 0 spiro atoms. The van der Waals surface area contributed by atoms with E-state index < -0.39 is 27.1 Å². The van der Waals surface area contributed by atoms with Gasteiger partial charge in [0.2, 0.25) is 0 Å². The topological polar surface area (TPSA) is 125 Å². The van der Waals surface area contributed by atoms with Crippen molar-refractivity contribution in [2.75, 3.05) is 11.9 Å². The van der Waals surface area contributed by atoms with Gasteiger partial charge in [-0.15, -0.1) is 0 Å². The third-order valence-electron chi connectivity index (χ3n) is 3.51. The molecular weight excluding hydrogens is 342 g/mol. The number of non-ortho nitro benzene ring substituents is 1. The molecule has 0 saturated carbocycles. The van der Waals surface area contributed by atoms with Crippen LogP contribution in [0.3, 0.4) is 0 Å². The van der Waals surface area contributed by atoms with Gasteiger partial charge >= 0.3 is 0 Å². The Morgan fingerprint density at radius 2 is 1.77 bits per heavy atom. The highest BCUT2D eigenvalue weighted by Gasteiger charge is 2.24. The number of nitro benzene ring substituents is 2. The molecule has 0 aliphatic carbocycles. The number of nitrogens with zero attached hydrogens (tertiary/aromatic N) is 2. The number of nitrogens with one attached hydrogen (secondary N) is 1. The average molecular weight is 359 g/mol. The van der Waals surface area contributed by atoms with Crippen LogP contribution in [0.25, 0.3) is 0 Å². The van der Waals surface area contributed by atoms with Crippen LogP contribution in [-0.4, -0.2) is 22.4 Å². The molecule has 26 heavy (non-hydrogen) atoms. The van der Waals surface area contributed by atoms with Crippen LogP contribution >= 0.6 is 0 Å². The molecule has 0 heterocycles. The molecule has 0 atom stereocenters. The number of carbonyl (C=O) groups is 1. The molecule has 9 nitrogen and oxygen atoms in total. The van der Waals surface area contributed by atoms with Crippen molar-refractivity contribution >= 4 is 23.0 Å². The van der Waals surface area contributed by atoms with E-state index in [1.165, 1.54) is 0 Å². The standard InChI is InChI=1S/C17H17N3O6/c1-2-3-10-26-14-7-4-12(5-8-14)18-17(21)15-9-6-13(19(22)23)11-16(15)20(24)25/h4-9,11H,2-3,10H2,1H3,(H,18,21). The summed E-state index contributed by atoms with van der Waals surface area (Å²) in [5.41, 5.74) is -0.924. The lowest BCUT2D eigenvalue weighted by atomic mass is 10.1. The predicted octanol–water partition coefficient (Wildman–Crippen LogP) is 3.93. The van der Waals surface area contributed by atoms with Crippen LogP contribution in [0.15, 0.2) is 42.5 Å². The van der Waals surface area contributed by atoms with Crippen molar-refractivity contribution in [1.29, 1.82) is 0 Å². The molecule has 9 heteroatoms. The largest absolute Gasteiger partial charge is 0.494 e. The molecule has 0 aliphatic heterocycles. The van der Waals surface area contributed by atoms with Gasteiger partial charge in [-0.25, -0.2) is 0 Å². The van der Waals surface area contributed by atoms with E-state index in [-0.39, 0.29) is 5.56 Å². The second-order valence-electron chi connectivity index (χ2n) is 5.40. The Bertz CT molecular complexity index is 820. The molecule has 0 aliphatic rings. The zero-order valence-corrected chi connectivity index (χ0v) is 14.0. The van der Waals surface area contributed by atoms with E-state index in [9.17, 15) is 25.0 Å². The van der Waals surface area contributed by atoms with Crippen molar-refractivity contribution in [3.05, 3.63) is 68.3 Å². The maximum Gasteiger partial charge on any atom is 0.289 e. The summed E-state index contributed by atoms with van der Waals surface area (Å²) in [6, 6.07) is 9.44. The van der Waals surface area contributed by atoms with Crippen molar-refractivity contribution in [3.8, 4) is 5.75 Å². The molecule has 2 aromatic carbocycles. The Labute approximate surface area is 148 Å². The maximum atomic E-state index is 12.3. The molecule has 2 aromatic rings. The second-order valence-corrected chi connectivity index (χ2v) is 5.40. The summed E-state index contributed by atoms with van der Waals surface area (Å²) in [7, 11) is 0. The average Bonchev–Trinajstić information content (AvgIpc) is 2.62. The van der Waals surface area contributed by atoms with Crippen LogP contribution in [0.5, 0.6) is 5.75 Å². The van der Waals surface area contributed by atoms with E-state index >= 15 is 0 Å². The minimum atomic E-state index is -0.827. The van der Waals surface area contributed by atoms with Crippen molar-refractivity contribution in [3.63, 3.8) is 0 Å². The molecule has 1 N–H and O–H groups in total. The number of hydrogen-bond acceptors (Lipinski definition) is 6. The summed E-state index contributed by atoms with van der Waals surface area (Å²) in [6.45, 7) is 2.65. The molecule has 0 bridgehead atoms. The molecule has 2 rings (SSSR count). The molecule has 0 aromatic heterocycles. The number of rotatable bonds is 8. The van der Waals surface area contributed by atoms with Gasteiger partial charge in [-0.1, -0.05) is 13.3 Å². The summed E-state index contributed by atoms with van der Waals surface area (Å²) >= 11 is 0. The number of nitro groups is 2. The zero-order chi connectivity index (χ0) is 19.1. The van der Waals surface area contributed by atoms with E-state index in [1.54, 1.807) is 24.3 Å². The van der Waals surface area contributed by atoms with Crippen molar-refractivity contribution in [1.82, 2.24) is 0 Å². The fourth-order valence-corrected chi connectivity index (χ4v) is 2.14. The van der Waals surface area contributed by atoms with Gasteiger partial charge in [0.25, 0.3) is 17.3 Å². The summed E-state index contributed by atoms with van der Waals surface area (Å²) < 4.78 is 5.51. The Morgan fingerprint density at radius 1 is 1.08 bits per heavy atom. The van der Waals surface area contributed by atoms with Crippen LogP contribution in [-0.2, 0) is 0 Å². The van der Waals surface area contributed by atoms with Gasteiger partial charge in [0.05, 0.1) is 22.5 Å². The smallest absolute Gasteiger partial charge is 0.289 e. The van der Waals surface area contributed by atoms with Crippen molar-refractivity contribution in [2.24, 2.45) is 0 Å². The third kappa shape index (κ3) is 4.76. The van der Waals surface area contributed by atoms with Gasteiger partial charge < -0.3 is 10.1 Å². The fourth-order valence-electron chi connectivity index (χ4n) is 2.14. The molecule has 0 radical (unpaired) electrons. The van der Waals surface area contributed by atoms with Gasteiger partial charge in [-0.2, -0.15) is 0 Å². The van der Waals surface area contributed by atoms with Crippen LogP contribution < -0.4 is 10.1 Å². The minimum Gasteiger partial charge on any atom is -0.494 e. The molecule has 0 unspecified atom stereocenters. The Hall–Kier alpha value is -3.49. The first-order valence-corrected chi connectivity index (χ1v) is 7.89. The van der Waals surface area contributed by atoms with E-state index in [2.05, 4.69) is 12.2 Å². The Morgan fingerprint density at radius 3 is 2.35 bits per heavy atom. The number of ether oxygens (including phenoxy) is 1. The number of anilines is 1. The third-order valence-corrected chi connectivity index (χ3v) is 3.51.